The minimum Gasteiger partial charge on any atom is -0.508 e. The molecule has 1 aromatic carbocycles. The lowest BCUT2D eigenvalue weighted by molar-refractivity contribution is -0.155. The lowest BCUT2D eigenvalue weighted by atomic mass is 9.44. The van der Waals surface area contributed by atoms with E-state index in [1.165, 1.54) is 30.2 Å². The molecule has 330 valence electrons. The minimum atomic E-state index is -1.75. The van der Waals surface area contributed by atoms with Crippen LogP contribution in [0.5, 0.6) is 11.5 Å². The first-order valence-electron chi connectivity index (χ1n) is 22.2. The van der Waals surface area contributed by atoms with Crippen molar-refractivity contribution in [1.29, 1.82) is 0 Å². The van der Waals surface area contributed by atoms with Crippen molar-refractivity contribution in [3.63, 3.8) is 0 Å². The second kappa shape index (κ2) is 18.3. The first kappa shape index (κ1) is 47.3. The molecular formula is C51H72O9. The molecule has 1 aromatic rings. The van der Waals surface area contributed by atoms with Gasteiger partial charge in [0.1, 0.15) is 29.5 Å². The van der Waals surface area contributed by atoms with Gasteiger partial charge in [0.2, 0.25) is 0 Å². The standard InChI is InChI=1S/C51H72O9/c1-32(12-10-14-33(2)30-52)13-11-15-35(28-42(55)37-29-36(53)17-19-41(37)54)46(58)60-31-51(9,59)45(57)21-16-34(3)38-22-26-50(8)40-18-20-43-47(4,5)44(56)24-25-48(43,6)39(40)23-27-49(38,50)7/h13-14,17-19,23,28-29,34,38,43,45,52-54,57,59H,10-12,15-16,20-22,24-27,30-31H2,1-9H3/b32-13?,33-14?,35-28-/t34-,38-,43+,45+,48-,49-,50+,51?/m1/s1. The van der Waals surface area contributed by atoms with E-state index in [1.807, 2.05) is 26.0 Å². The van der Waals surface area contributed by atoms with Gasteiger partial charge in [0.15, 0.2) is 5.78 Å². The Bertz CT molecular complexity index is 1960. The second-order valence-corrected chi connectivity index (χ2v) is 20.3. The zero-order chi connectivity index (χ0) is 44.4. The molecule has 0 bridgehead atoms. The zero-order valence-corrected chi connectivity index (χ0v) is 37.7. The summed E-state index contributed by atoms with van der Waals surface area (Å²) in [5.41, 5.74) is 2.71. The van der Waals surface area contributed by atoms with E-state index in [1.54, 1.807) is 0 Å². The van der Waals surface area contributed by atoms with Gasteiger partial charge in [-0.05, 0) is 161 Å². The fraction of sp³-hybridized carbons (Fsp3) is 0.627. The molecule has 9 heteroatoms. The lowest BCUT2D eigenvalue weighted by Crippen LogP contribution is -2.53. The van der Waals surface area contributed by atoms with Gasteiger partial charge in [-0.15, -0.1) is 0 Å². The molecule has 60 heavy (non-hydrogen) atoms. The summed E-state index contributed by atoms with van der Waals surface area (Å²) in [6.07, 6.45) is 17.5. The van der Waals surface area contributed by atoms with Crippen LogP contribution in [0.3, 0.4) is 0 Å². The monoisotopic (exact) mass is 829 g/mol. The summed E-state index contributed by atoms with van der Waals surface area (Å²) in [4.78, 5) is 39.8. The van der Waals surface area contributed by atoms with E-state index >= 15 is 0 Å². The van der Waals surface area contributed by atoms with Crippen molar-refractivity contribution in [3.8, 4) is 11.5 Å². The SMILES string of the molecule is CC(=CCCC(C)=CCC/C(=C/C(=O)c1cc(O)ccc1O)C(=O)OCC(C)(O)[C@@H](O)CC[C@@H](C)[C@H]1CC[C@@]2(C)C3=CC[C@H]4C(C)(C)C(=O)CC[C@]4(C)C3=CC[C@]12C)CO. The maximum absolute atomic E-state index is 13.5. The van der Waals surface area contributed by atoms with Gasteiger partial charge in [-0.3, -0.25) is 9.59 Å². The highest BCUT2D eigenvalue weighted by Crippen LogP contribution is 2.71. The fourth-order valence-corrected chi connectivity index (χ4v) is 11.5. The highest BCUT2D eigenvalue weighted by Gasteiger charge is 2.63. The molecule has 0 amide bonds. The summed E-state index contributed by atoms with van der Waals surface area (Å²) >= 11 is 0. The Morgan fingerprint density at radius 2 is 1.65 bits per heavy atom. The number of phenols is 2. The number of hydrogen-bond acceptors (Lipinski definition) is 9. The largest absolute Gasteiger partial charge is 0.508 e. The molecule has 8 atom stereocenters. The van der Waals surface area contributed by atoms with Gasteiger partial charge in [0, 0.05) is 17.4 Å². The van der Waals surface area contributed by atoms with Gasteiger partial charge in [0.05, 0.1) is 18.3 Å². The molecule has 1 unspecified atom stereocenters. The van der Waals surface area contributed by atoms with Crippen LogP contribution in [0.1, 0.15) is 150 Å². The third kappa shape index (κ3) is 9.34. The molecule has 5 rings (SSSR count). The number of ketones is 2. The molecule has 5 N–H and O–H groups in total. The Labute approximate surface area is 358 Å². The zero-order valence-electron chi connectivity index (χ0n) is 37.7. The second-order valence-electron chi connectivity index (χ2n) is 20.3. The van der Waals surface area contributed by atoms with Crippen LogP contribution in [-0.4, -0.2) is 68.0 Å². The van der Waals surface area contributed by atoms with Crippen molar-refractivity contribution in [2.24, 2.45) is 39.4 Å². The maximum atomic E-state index is 13.5. The number of ether oxygens (including phenoxy) is 1. The summed E-state index contributed by atoms with van der Waals surface area (Å²) in [5, 5.41) is 52.3. The minimum absolute atomic E-state index is 0.00537. The number of aliphatic hydroxyl groups excluding tert-OH is 2. The van der Waals surface area contributed by atoms with E-state index in [2.05, 4.69) is 53.7 Å². The molecule has 0 radical (unpaired) electrons. The number of allylic oxidation sites excluding steroid dienone is 8. The van der Waals surface area contributed by atoms with Crippen molar-refractivity contribution in [2.45, 2.75) is 151 Å². The van der Waals surface area contributed by atoms with Crippen molar-refractivity contribution in [2.75, 3.05) is 13.2 Å². The number of aromatic hydroxyl groups is 2. The first-order valence-corrected chi connectivity index (χ1v) is 22.2. The van der Waals surface area contributed by atoms with Crippen LogP contribution in [0, 0.1) is 39.4 Å². The van der Waals surface area contributed by atoms with Crippen LogP contribution >= 0.6 is 0 Å². The topological polar surface area (TPSA) is 162 Å². The average molecular weight is 829 g/mol. The Morgan fingerprint density at radius 3 is 2.35 bits per heavy atom. The number of fused-ring (bicyclic) bond motifs is 5. The maximum Gasteiger partial charge on any atom is 0.334 e. The molecular weight excluding hydrogens is 757 g/mol. The van der Waals surface area contributed by atoms with Gasteiger partial charge in [-0.1, -0.05) is 77.0 Å². The highest BCUT2D eigenvalue weighted by atomic mass is 16.5. The van der Waals surface area contributed by atoms with Crippen molar-refractivity contribution in [1.82, 2.24) is 0 Å². The molecule has 0 heterocycles. The number of phenolic OH excluding ortho intramolecular Hbond substituents is 2. The Kier molecular flexibility index (Phi) is 14.4. The van der Waals surface area contributed by atoms with Crippen LogP contribution < -0.4 is 0 Å². The number of esters is 1. The predicted octanol–water partition coefficient (Wildman–Crippen LogP) is 9.82. The number of benzene rings is 1. The van der Waals surface area contributed by atoms with Gasteiger partial charge < -0.3 is 30.3 Å². The van der Waals surface area contributed by atoms with Crippen LogP contribution in [0.2, 0.25) is 0 Å². The van der Waals surface area contributed by atoms with Crippen molar-refractivity contribution >= 4 is 17.5 Å². The van der Waals surface area contributed by atoms with Gasteiger partial charge in [-0.25, -0.2) is 4.79 Å². The third-order valence-electron chi connectivity index (χ3n) is 15.8. The van der Waals surface area contributed by atoms with Crippen molar-refractivity contribution in [3.05, 3.63) is 82.0 Å². The van der Waals surface area contributed by atoms with Crippen LogP contribution in [-0.2, 0) is 14.3 Å². The quantitative estimate of drug-likeness (QED) is 0.0339. The van der Waals surface area contributed by atoms with Crippen LogP contribution in [0.15, 0.2) is 76.4 Å². The normalized spacial score (nSPS) is 29.9. The number of rotatable bonds is 17. The average Bonchev–Trinajstić information content (AvgIpc) is 3.48. The first-order chi connectivity index (χ1) is 28.0. The Morgan fingerprint density at radius 1 is 0.967 bits per heavy atom. The van der Waals surface area contributed by atoms with E-state index in [-0.39, 0.29) is 63.2 Å². The van der Waals surface area contributed by atoms with Gasteiger partial charge in [0.25, 0.3) is 0 Å². The summed E-state index contributed by atoms with van der Waals surface area (Å²) in [6, 6.07) is 3.58. The number of Topliss-reactive ketones (excluding diaryl/α,β-unsaturated/α-hetero) is 1. The lowest BCUT2D eigenvalue weighted by Gasteiger charge is -2.59. The molecule has 0 aromatic heterocycles. The smallest absolute Gasteiger partial charge is 0.334 e. The molecule has 2 fully saturated rings. The summed E-state index contributed by atoms with van der Waals surface area (Å²) in [7, 11) is 0. The molecule has 0 spiro atoms. The molecule has 9 nitrogen and oxygen atoms in total. The van der Waals surface area contributed by atoms with Crippen LogP contribution in [0.25, 0.3) is 0 Å². The fourth-order valence-electron chi connectivity index (χ4n) is 11.5. The molecule has 4 aliphatic carbocycles. The van der Waals surface area contributed by atoms with E-state index in [4.69, 9.17) is 4.74 Å². The number of carbonyl (C=O) groups is 3. The highest BCUT2D eigenvalue weighted by molar-refractivity contribution is 6.10. The summed E-state index contributed by atoms with van der Waals surface area (Å²) in [6.45, 7) is 18.6. The summed E-state index contributed by atoms with van der Waals surface area (Å²) < 4.78 is 5.60. The van der Waals surface area contributed by atoms with Gasteiger partial charge >= 0.3 is 5.97 Å². The predicted molar refractivity (Wildman–Crippen MR) is 235 cm³/mol. The van der Waals surface area contributed by atoms with E-state index in [0.29, 0.717) is 43.3 Å². The molecule has 4 aliphatic rings. The number of hydrogen-bond donors (Lipinski definition) is 5. The van der Waals surface area contributed by atoms with Crippen molar-refractivity contribution < 1.29 is 44.7 Å². The van der Waals surface area contributed by atoms with E-state index < -0.39 is 30.1 Å². The molecule has 0 aliphatic heterocycles. The Hall–Kier alpha value is -3.79. The third-order valence-corrected chi connectivity index (χ3v) is 15.8. The number of carbonyl (C=O) groups excluding carboxylic acids is 3. The van der Waals surface area contributed by atoms with E-state index in [9.17, 15) is 39.9 Å². The molecule has 2 saturated carbocycles. The summed E-state index contributed by atoms with van der Waals surface area (Å²) in [5.74, 6) is -0.707. The molecule has 0 saturated heterocycles. The Balaban J connectivity index is 1.23. The van der Waals surface area contributed by atoms with E-state index in [0.717, 1.165) is 68.2 Å². The van der Waals surface area contributed by atoms with Gasteiger partial charge in [-0.2, -0.15) is 0 Å². The number of aliphatic hydroxyl groups is 3. The van der Waals surface area contributed by atoms with Crippen LogP contribution in [0.4, 0.5) is 0 Å².